The van der Waals surface area contributed by atoms with E-state index in [2.05, 4.69) is 5.32 Å². The molecule has 1 aromatic rings. The van der Waals surface area contributed by atoms with Gasteiger partial charge in [0.25, 0.3) is 11.5 Å². The van der Waals surface area contributed by atoms with Gasteiger partial charge in [-0.15, -0.1) is 0 Å². The van der Waals surface area contributed by atoms with Crippen molar-refractivity contribution >= 4 is 18.0 Å². The predicted molar refractivity (Wildman–Crippen MR) is 153 cm³/mol. The van der Waals surface area contributed by atoms with Crippen LogP contribution in [0.25, 0.3) is 6.08 Å². The number of amides is 3. The summed E-state index contributed by atoms with van der Waals surface area (Å²) in [5.41, 5.74) is -7.46. The summed E-state index contributed by atoms with van der Waals surface area (Å²) in [5, 5.41) is 13.1. The summed E-state index contributed by atoms with van der Waals surface area (Å²) < 4.78 is 100. The van der Waals surface area contributed by atoms with Crippen LogP contribution in [0.1, 0.15) is 68.2 Å². The van der Waals surface area contributed by atoms with E-state index in [1.807, 2.05) is 13.0 Å². The SMILES string of the molecule is C/C=C\c1cc(C(O)(C(F)(F)F)C(F)(F)F)c2c(c1OCCCCN1C(=O)NC(CC)(C3C=CC4=C(C3)OCCO4)C1=O)CCC2. The van der Waals surface area contributed by atoms with Gasteiger partial charge in [-0.25, -0.2) is 4.79 Å². The molecule has 0 aromatic heterocycles. The third kappa shape index (κ3) is 5.62. The lowest BCUT2D eigenvalue weighted by molar-refractivity contribution is -0.376. The summed E-state index contributed by atoms with van der Waals surface area (Å²) in [5.74, 6) is 0.721. The Kier molecular flexibility index (Phi) is 9.15. The van der Waals surface area contributed by atoms with E-state index in [9.17, 15) is 41.0 Å². The van der Waals surface area contributed by atoms with Crippen molar-refractivity contribution in [2.24, 2.45) is 5.92 Å². The van der Waals surface area contributed by atoms with Crippen LogP contribution in [0.15, 0.2) is 35.8 Å². The predicted octanol–water partition coefficient (Wildman–Crippen LogP) is 6.21. The highest BCUT2D eigenvalue weighted by molar-refractivity contribution is 6.07. The Hall–Kier alpha value is -3.68. The maximum absolute atomic E-state index is 13.8. The number of benzene rings is 1. The first-order valence-corrected chi connectivity index (χ1v) is 15.3. The Morgan fingerprint density at radius 1 is 1.09 bits per heavy atom. The number of aliphatic hydroxyl groups is 1. The first-order chi connectivity index (χ1) is 21.7. The molecule has 252 valence electrons. The van der Waals surface area contributed by atoms with E-state index in [0.717, 1.165) is 4.90 Å². The molecule has 5 rings (SSSR count). The van der Waals surface area contributed by atoms with E-state index in [4.69, 9.17) is 14.2 Å². The molecule has 2 aliphatic carbocycles. The molecule has 2 unspecified atom stereocenters. The quantitative estimate of drug-likeness (QED) is 0.176. The van der Waals surface area contributed by atoms with Crippen molar-refractivity contribution in [3.05, 3.63) is 58.1 Å². The molecule has 2 heterocycles. The average Bonchev–Trinajstić information content (AvgIpc) is 3.59. The van der Waals surface area contributed by atoms with Gasteiger partial charge in [-0.2, -0.15) is 26.3 Å². The van der Waals surface area contributed by atoms with Gasteiger partial charge in [-0.3, -0.25) is 9.69 Å². The maximum Gasteiger partial charge on any atom is 0.430 e. The van der Waals surface area contributed by atoms with Gasteiger partial charge in [-0.1, -0.05) is 25.2 Å². The molecule has 2 aliphatic heterocycles. The zero-order valence-electron chi connectivity index (χ0n) is 25.4. The Morgan fingerprint density at radius 3 is 2.46 bits per heavy atom. The zero-order chi connectivity index (χ0) is 33.5. The maximum atomic E-state index is 13.8. The summed E-state index contributed by atoms with van der Waals surface area (Å²) in [7, 11) is 0. The van der Waals surface area contributed by atoms with Crippen molar-refractivity contribution in [2.75, 3.05) is 26.4 Å². The number of carbonyl (C=O) groups is 2. The summed E-state index contributed by atoms with van der Waals surface area (Å²) >= 11 is 0. The smallest absolute Gasteiger partial charge is 0.430 e. The van der Waals surface area contributed by atoms with Crippen molar-refractivity contribution in [3.8, 4) is 5.75 Å². The minimum Gasteiger partial charge on any atom is -0.493 e. The van der Waals surface area contributed by atoms with E-state index < -0.39 is 35.1 Å². The first-order valence-electron chi connectivity index (χ1n) is 15.3. The van der Waals surface area contributed by atoms with E-state index in [-0.39, 0.29) is 60.3 Å². The van der Waals surface area contributed by atoms with Crippen molar-refractivity contribution < 1.29 is 55.2 Å². The number of halogens is 6. The fourth-order valence-corrected chi connectivity index (χ4v) is 6.76. The second-order valence-electron chi connectivity index (χ2n) is 11.8. The minimum atomic E-state index is -6.00. The first kappa shape index (κ1) is 33.7. The number of ether oxygens (including phenoxy) is 3. The van der Waals surface area contributed by atoms with Crippen LogP contribution in [0.3, 0.4) is 0 Å². The van der Waals surface area contributed by atoms with Crippen LogP contribution < -0.4 is 10.1 Å². The number of nitrogens with one attached hydrogen (secondary N) is 1. The lowest BCUT2D eigenvalue weighted by atomic mass is 9.77. The van der Waals surface area contributed by atoms with E-state index in [0.29, 0.717) is 62.9 Å². The van der Waals surface area contributed by atoms with Crippen LogP contribution >= 0.6 is 0 Å². The molecule has 3 amide bonds. The molecule has 0 saturated carbocycles. The molecule has 2 N–H and O–H groups in total. The van der Waals surface area contributed by atoms with Crippen LogP contribution in [0, 0.1) is 5.92 Å². The lowest BCUT2D eigenvalue weighted by Crippen LogP contribution is -2.54. The Morgan fingerprint density at radius 2 is 1.78 bits per heavy atom. The third-order valence-corrected chi connectivity index (χ3v) is 9.13. The Labute approximate surface area is 262 Å². The molecule has 4 aliphatic rings. The van der Waals surface area contributed by atoms with Crippen molar-refractivity contribution in [1.82, 2.24) is 10.2 Å². The number of hydrogen-bond acceptors (Lipinski definition) is 6. The summed E-state index contributed by atoms with van der Waals surface area (Å²) in [6.45, 7) is 4.33. The number of fused-ring (bicyclic) bond motifs is 1. The average molecular weight is 659 g/mol. The number of rotatable bonds is 10. The van der Waals surface area contributed by atoms with Crippen LogP contribution in [0.4, 0.5) is 31.1 Å². The minimum absolute atomic E-state index is 0.0157. The number of carbonyl (C=O) groups excluding carboxylic acids is 2. The van der Waals surface area contributed by atoms with Gasteiger partial charge in [0, 0.05) is 30.0 Å². The normalized spacial score (nSPS) is 23.4. The number of hydrogen-bond donors (Lipinski definition) is 2. The monoisotopic (exact) mass is 658 g/mol. The molecule has 0 spiro atoms. The number of alkyl halides is 6. The Bertz CT molecular complexity index is 1450. The molecule has 1 fully saturated rings. The molecular weight excluding hydrogens is 622 g/mol. The van der Waals surface area contributed by atoms with Crippen molar-refractivity contribution in [1.29, 1.82) is 0 Å². The van der Waals surface area contributed by atoms with Crippen LogP contribution in [0.5, 0.6) is 5.75 Å². The molecule has 8 nitrogen and oxygen atoms in total. The van der Waals surface area contributed by atoms with E-state index in [1.165, 1.54) is 12.2 Å². The van der Waals surface area contributed by atoms with Crippen molar-refractivity contribution in [2.45, 2.75) is 82.3 Å². The van der Waals surface area contributed by atoms with Gasteiger partial charge in [0.1, 0.15) is 30.3 Å². The lowest BCUT2D eigenvalue weighted by Gasteiger charge is -2.36. The summed E-state index contributed by atoms with van der Waals surface area (Å²) in [6.07, 6.45) is -3.78. The van der Waals surface area contributed by atoms with Gasteiger partial charge in [0.2, 0.25) is 0 Å². The summed E-state index contributed by atoms with van der Waals surface area (Å²) in [4.78, 5) is 27.7. The molecule has 46 heavy (non-hydrogen) atoms. The third-order valence-electron chi connectivity index (χ3n) is 9.13. The Balaban J connectivity index is 1.27. The van der Waals surface area contributed by atoms with E-state index >= 15 is 0 Å². The number of urea groups is 1. The molecule has 14 heteroatoms. The summed E-state index contributed by atoms with van der Waals surface area (Å²) in [6, 6.07) is 0.189. The largest absolute Gasteiger partial charge is 0.493 e. The van der Waals surface area contributed by atoms with Gasteiger partial charge in [-0.05, 0) is 68.7 Å². The van der Waals surface area contributed by atoms with Gasteiger partial charge in [0.05, 0.1) is 6.61 Å². The number of unbranched alkanes of at least 4 members (excludes halogenated alkanes) is 1. The molecule has 0 bridgehead atoms. The number of imide groups is 1. The van der Waals surface area contributed by atoms with Gasteiger partial charge >= 0.3 is 18.4 Å². The zero-order valence-corrected chi connectivity index (χ0v) is 25.4. The second-order valence-corrected chi connectivity index (χ2v) is 11.8. The molecule has 0 radical (unpaired) electrons. The number of nitrogens with zero attached hydrogens (tertiary/aromatic N) is 1. The molecule has 2 atom stereocenters. The van der Waals surface area contributed by atoms with Crippen LogP contribution in [0.2, 0.25) is 0 Å². The highest BCUT2D eigenvalue weighted by Gasteiger charge is 2.72. The van der Waals surface area contributed by atoms with Gasteiger partial charge in [0.15, 0.2) is 5.76 Å². The second kappa shape index (κ2) is 12.5. The number of allylic oxidation sites excluding steroid dienone is 3. The van der Waals surface area contributed by atoms with Crippen LogP contribution in [-0.2, 0) is 32.7 Å². The fourth-order valence-electron chi connectivity index (χ4n) is 6.76. The standard InChI is InChI=1S/C32H36F6N2O6/c1-3-8-19-17-23(30(43,31(33,34)35)32(36,37)38)21-9-7-10-22(21)26(19)46-14-6-5-13-40-27(41)29(4-2,39-28(40)42)20-11-12-24-25(18-20)45-16-15-44-24/h3,8,11-12,17,20,43H,4-7,9-10,13-16,18H2,1-2H3,(H,39,42)/b8-3-. The molecule has 1 saturated heterocycles. The van der Waals surface area contributed by atoms with Gasteiger partial charge < -0.3 is 24.6 Å². The van der Waals surface area contributed by atoms with Crippen molar-refractivity contribution in [3.63, 3.8) is 0 Å². The highest BCUT2D eigenvalue weighted by Crippen LogP contribution is 2.53. The van der Waals surface area contributed by atoms with E-state index in [1.54, 1.807) is 13.0 Å². The fraction of sp³-hybridized carbons (Fsp3) is 0.562. The molecule has 1 aromatic carbocycles. The topological polar surface area (TPSA) is 97.3 Å². The highest BCUT2D eigenvalue weighted by atomic mass is 19.4. The molecular formula is C32H36F6N2O6. The van der Waals surface area contributed by atoms with Crippen LogP contribution in [-0.4, -0.2) is 66.2 Å².